The summed E-state index contributed by atoms with van der Waals surface area (Å²) in [4.78, 5) is 33.8. The highest BCUT2D eigenvalue weighted by Crippen LogP contribution is 2.41. The Balaban J connectivity index is 1.09. The lowest BCUT2D eigenvalue weighted by atomic mass is 10.2. The number of imidazole rings is 2. The van der Waals surface area contributed by atoms with Gasteiger partial charge in [0, 0.05) is 15.6 Å². The molecule has 40 heavy (non-hydrogen) atoms. The number of hydrogen-bond donors (Lipinski definition) is 3. The fraction of sp³-hybridized carbons (Fsp3) is 0.500. The Morgan fingerprint density at radius 1 is 0.875 bits per heavy atom. The number of nitrogens with two attached hydrogens (primary N) is 2. The van der Waals surface area contributed by atoms with Crippen molar-refractivity contribution in [1.29, 1.82) is 0 Å². The molecule has 210 valence electrons. The molecule has 0 aliphatic carbocycles. The summed E-state index contributed by atoms with van der Waals surface area (Å²) in [6.45, 7) is -0.163. The molecule has 2 saturated heterocycles. The van der Waals surface area contributed by atoms with Gasteiger partial charge in [-0.2, -0.15) is 0 Å². The van der Waals surface area contributed by atoms with Gasteiger partial charge in [0.05, 0.1) is 24.9 Å². The maximum Gasteiger partial charge on any atom is 0.697 e. The van der Waals surface area contributed by atoms with E-state index in [-0.39, 0.29) is 43.6 Å². The molecule has 6 rings (SSSR count). The molecule has 0 bridgehead atoms. The van der Waals surface area contributed by atoms with Gasteiger partial charge in [-0.3, -0.25) is 9.13 Å². The molecule has 4 aromatic rings. The van der Waals surface area contributed by atoms with Crippen LogP contribution in [0.2, 0.25) is 0 Å². The van der Waals surface area contributed by atoms with Crippen LogP contribution < -0.4 is 11.5 Å². The van der Waals surface area contributed by atoms with Crippen molar-refractivity contribution in [2.75, 3.05) is 24.7 Å². The molecule has 7 atom stereocenters. The fourth-order valence-corrected chi connectivity index (χ4v) is 5.80. The quantitative estimate of drug-likeness (QED) is 0.220. The molecule has 0 saturated carbocycles. The van der Waals surface area contributed by atoms with Gasteiger partial charge in [-0.25, -0.2) is 29.9 Å². The first-order chi connectivity index (χ1) is 19.4. The predicted octanol–water partition coefficient (Wildman–Crippen LogP) is 1.52. The molecule has 2 unspecified atom stereocenters. The summed E-state index contributed by atoms with van der Waals surface area (Å²) in [7, 11) is -5.42. The van der Waals surface area contributed by atoms with Gasteiger partial charge in [0.2, 0.25) is 0 Å². The summed E-state index contributed by atoms with van der Waals surface area (Å²) >= 11 is 0. The van der Waals surface area contributed by atoms with E-state index in [1.807, 2.05) is 0 Å². The van der Waals surface area contributed by atoms with Crippen molar-refractivity contribution in [3.05, 3.63) is 25.3 Å². The van der Waals surface area contributed by atoms with Gasteiger partial charge in [-0.05, 0) is 12.8 Å². The minimum atomic E-state index is -2.82. The Bertz CT molecular complexity index is 1570. The maximum atomic E-state index is 12.8. The van der Waals surface area contributed by atoms with Gasteiger partial charge in [0.15, 0.2) is 35.3 Å². The highest BCUT2D eigenvalue weighted by Gasteiger charge is 2.45. The lowest BCUT2D eigenvalue weighted by Gasteiger charge is -2.16. The normalized spacial score (nSPS) is 25.7. The van der Waals surface area contributed by atoms with Crippen molar-refractivity contribution < 1.29 is 37.1 Å². The van der Waals surface area contributed by atoms with Crippen LogP contribution in [-0.4, -0.2) is 75.5 Å². The minimum absolute atomic E-state index is 0.0169. The van der Waals surface area contributed by atoms with E-state index in [1.54, 1.807) is 15.5 Å². The Morgan fingerprint density at radius 3 is 2.23 bits per heavy atom. The average Bonchev–Trinajstić information content (AvgIpc) is 3.72. The van der Waals surface area contributed by atoms with Crippen molar-refractivity contribution >= 4 is 50.5 Å². The summed E-state index contributed by atoms with van der Waals surface area (Å²) in [5.41, 5.74) is 13.5. The predicted molar refractivity (Wildman–Crippen MR) is 135 cm³/mol. The van der Waals surface area contributed by atoms with E-state index in [0.717, 1.165) is 0 Å². The smallest absolute Gasteiger partial charge is 0.382 e. The molecule has 0 amide bonds. The second kappa shape index (κ2) is 11.3. The molecule has 20 heteroatoms. The second-order valence-electron chi connectivity index (χ2n) is 9.04. The Hall–Kier alpha value is -3.34. The van der Waals surface area contributed by atoms with E-state index >= 15 is 0 Å². The number of fused-ring (bicyclic) bond motifs is 2. The van der Waals surface area contributed by atoms with Gasteiger partial charge in [-0.1, -0.05) is 0 Å². The zero-order chi connectivity index (χ0) is 27.8. The number of nitrogens with zero attached hydrogens (tertiary/aromatic N) is 8. The van der Waals surface area contributed by atoms with Crippen LogP contribution in [0.3, 0.4) is 0 Å². The van der Waals surface area contributed by atoms with Crippen LogP contribution in [0.5, 0.6) is 0 Å². The lowest BCUT2D eigenvalue weighted by Crippen LogP contribution is -2.21. The average molecular weight is 594 g/mol. The van der Waals surface area contributed by atoms with Crippen LogP contribution in [0, 0.1) is 0 Å². The summed E-state index contributed by atoms with van der Waals surface area (Å²) < 4.78 is 55.3. The van der Waals surface area contributed by atoms with Crippen molar-refractivity contribution in [3.63, 3.8) is 0 Å². The van der Waals surface area contributed by atoms with Crippen molar-refractivity contribution in [3.8, 4) is 0 Å². The highest BCUT2D eigenvalue weighted by molar-refractivity contribution is 7.33. The first-order valence-electron chi connectivity index (χ1n) is 12.1. The number of anilines is 2. The third-order valence-corrected chi connectivity index (χ3v) is 7.72. The Labute approximate surface area is 226 Å². The molecule has 18 nitrogen and oxygen atoms in total. The van der Waals surface area contributed by atoms with Crippen molar-refractivity contribution in [2.45, 2.75) is 50.0 Å². The number of ether oxygens (including phenoxy) is 2. The summed E-state index contributed by atoms with van der Waals surface area (Å²) in [6, 6.07) is 0. The summed E-state index contributed by atoms with van der Waals surface area (Å²) in [5, 5.41) is 0. The minimum Gasteiger partial charge on any atom is -0.382 e. The van der Waals surface area contributed by atoms with Gasteiger partial charge in [-0.15, -0.1) is 18.5 Å². The first-order valence-corrected chi connectivity index (χ1v) is 14.3. The number of aromatic nitrogens is 8. The van der Waals surface area contributed by atoms with E-state index in [0.29, 0.717) is 35.2 Å². The highest BCUT2D eigenvalue weighted by atomic mass is 31.1. The zero-order valence-electron chi connectivity index (χ0n) is 20.7. The molecule has 0 spiro atoms. The van der Waals surface area contributed by atoms with Gasteiger partial charge >= 0.3 is 16.5 Å². The zero-order valence-corrected chi connectivity index (χ0v) is 22.5. The van der Waals surface area contributed by atoms with Crippen LogP contribution in [0.4, 0.5) is 11.6 Å². The van der Waals surface area contributed by atoms with Gasteiger partial charge in [0.1, 0.15) is 43.1 Å². The second-order valence-corrected chi connectivity index (χ2v) is 10.7. The molecular weight excluding hydrogens is 570 g/mol. The van der Waals surface area contributed by atoms with E-state index in [2.05, 4.69) is 29.9 Å². The molecule has 6 heterocycles. The van der Waals surface area contributed by atoms with Gasteiger partial charge in [0.25, 0.3) is 0 Å². The van der Waals surface area contributed by atoms with E-state index in [4.69, 9.17) is 39.4 Å². The number of nitrogen functional groups attached to an aromatic ring is 2. The van der Waals surface area contributed by atoms with Crippen LogP contribution in [0.15, 0.2) is 25.3 Å². The third-order valence-electron chi connectivity index (χ3n) is 6.55. The van der Waals surface area contributed by atoms with Crippen LogP contribution >= 0.6 is 16.5 Å². The van der Waals surface area contributed by atoms with Crippen molar-refractivity contribution in [1.82, 2.24) is 39.0 Å². The molecule has 2 aliphatic heterocycles. The van der Waals surface area contributed by atoms with Crippen molar-refractivity contribution in [2.24, 2.45) is 0 Å². The van der Waals surface area contributed by atoms with E-state index < -0.39 is 34.9 Å². The molecule has 5 N–H and O–H groups in total. The van der Waals surface area contributed by atoms with Crippen LogP contribution in [-0.2, 0) is 32.2 Å². The topological polar surface area (TPSA) is 240 Å². The lowest BCUT2D eigenvalue weighted by molar-refractivity contribution is -0.0444. The van der Waals surface area contributed by atoms with Crippen LogP contribution in [0.25, 0.3) is 22.3 Å². The Morgan fingerprint density at radius 2 is 1.52 bits per heavy atom. The SMILES string of the molecule is Nc1ncnc2c1ncn2[C@@H]1O[C@H](CO[P+](=O)O)C[C@H]1O[P+](=O)OC[C@@H]1CC[C@H](n2cnc3c(N)ncnc32)O1. The molecule has 2 aliphatic rings. The standard InChI is InChI=1S/C20H23N10O8P2/c21-16-14-18(25-6-23-16)29(8-27-14)13-2-1-10(36-13)4-35-40(33)38-12-3-11(5-34-39(31)32)37-20(12)30-9-28-15-17(22)24-7-26-19(15)30/h6-13,20H,1-5H2,(H4-,21,22,23,24,25,26,31,32)/q+1/p+1/t10-,11-,12+,13+,20+/m0/s1. The van der Waals surface area contributed by atoms with Crippen LogP contribution in [0.1, 0.15) is 31.7 Å². The third kappa shape index (κ3) is 5.35. The largest absolute Gasteiger partial charge is 0.697 e. The summed E-state index contributed by atoms with van der Waals surface area (Å²) in [6.07, 6.45) is 4.22. The monoisotopic (exact) mass is 594 g/mol. The fourth-order valence-electron chi connectivity index (χ4n) is 4.75. The molecule has 2 fully saturated rings. The maximum absolute atomic E-state index is 12.8. The van der Waals surface area contributed by atoms with E-state index in [1.165, 1.54) is 19.0 Å². The molecule has 0 radical (unpaired) electrons. The summed E-state index contributed by atoms with van der Waals surface area (Å²) in [5.74, 6) is 0.462. The number of hydrogen-bond acceptors (Lipinski definition) is 15. The molecule has 4 aromatic heterocycles. The van der Waals surface area contributed by atoms with E-state index in [9.17, 15) is 9.13 Å². The van der Waals surface area contributed by atoms with Gasteiger partial charge < -0.3 is 20.9 Å². The Kier molecular flexibility index (Phi) is 7.57. The number of rotatable bonds is 10. The molecule has 0 aromatic carbocycles. The first kappa shape index (κ1) is 26.9. The molecular formula is C20H24N10O8P2+2.